The summed E-state index contributed by atoms with van der Waals surface area (Å²) in [5.74, 6) is 0.544. The van der Waals surface area contributed by atoms with Gasteiger partial charge in [-0.15, -0.1) is 0 Å². The number of rotatable bonds is 5. The van der Waals surface area contributed by atoms with E-state index in [0.717, 1.165) is 31.2 Å². The van der Waals surface area contributed by atoms with Gasteiger partial charge in [-0.1, -0.05) is 37.1 Å². The SMILES string of the molecule is CN(CC(=O)N1N=C(c2ccccc2F)CC1c1ccc2c(c1)OCO2)C(=O)C1CCCC1. The Labute approximate surface area is 191 Å². The van der Waals surface area contributed by atoms with Crippen molar-refractivity contribution in [3.8, 4) is 11.5 Å². The standard InChI is InChI=1S/C25H26FN3O4/c1-28(25(31)16-6-2-3-7-16)14-24(30)29-21(17-10-11-22-23(12-17)33-15-32-22)13-20(27-29)18-8-4-5-9-19(18)26/h4-5,8-12,16,21H,2-3,6-7,13-15H2,1H3. The third-order valence-electron chi connectivity index (χ3n) is 6.59. The summed E-state index contributed by atoms with van der Waals surface area (Å²) in [4.78, 5) is 27.6. The molecule has 2 aromatic carbocycles. The summed E-state index contributed by atoms with van der Waals surface area (Å²) >= 11 is 0. The third-order valence-corrected chi connectivity index (χ3v) is 6.59. The van der Waals surface area contributed by atoms with Gasteiger partial charge in [0.25, 0.3) is 5.91 Å². The number of carbonyl (C=O) groups excluding carboxylic acids is 2. The first kappa shape index (κ1) is 21.4. The molecule has 1 fully saturated rings. The minimum atomic E-state index is -0.434. The van der Waals surface area contributed by atoms with E-state index in [9.17, 15) is 14.0 Å². The molecule has 7 nitrogen and oxygen atoms in total. The first-order valence-corrected chi connectivity index (χ1v) is 11.3. The van der Waals surface area contributed by atoms with Crippen LogP contribution in [-0.4, -0.2) is 47.8 Å². The molecule has 8 heteroatoms. The zero-order chi connectivity index (χ0) is 22.9. The van der Waals surface area contributed by atoms with Gasteiger partial charge in [-0.25, -0.2) is 9.40 Å². The van der Waals surface area contributed by atoms with E-state index < -0.39 is 6.04 Å². The summed E-state index contributed by atoms with van der Waals surface area (Å²) in [6, 6.07) is 11.5. The van der Waals surface area contributed by atoms with Crippen LogP contribution < -0.4 is 9.47 Å². The lowest BCUT2D eigenvalue weighted by atomic mass is 9.97. The zero-order valence-electron chi connectivity index (χ0n) is 18.5. The first-order valence-electron chi connectivity index (χ1n) is 11.3. The highest BCUT2D eigenvalue weighted by atomic mass is 19.1. The Kier molecular flexibility index (Phi) is 5.74. The number of amides is 2. The van der Waals surface area contributed by atoms with Crippen LogP contribution in [0.25, 0.3) is 0 Å². The number of hydrazone groups is 1. The molecular weight excluding hydrogens is 425 g/mol. The summed E-state index contributed by atoms with van der Waals surface area (Å²) in [7, 11) is 1.66. The van der Waals surface area contributed by atoms with Crippen LogP contribution in [0.3, 0.4) is 0 Å². The molecule has 2 heterocycles. The number of ether oxygens (including phenoxy) is 2. The monoisotopic (exact) mass is 451 g/mol. The molecule has 0 aromatic heterocycles. The Balaban J connectivity index is 1.42. The van der Waals surface area contributed by atoms with Crippen molar-refractivity contribution >= 4 is 17.5 Å². The lowest BCUT2D eigenvalue weighted by Gasteiger charge is -2.26. The van der Waals surface area contributed by atoms with Crippen molar-refractivity contribution in [2.75, 3.05) is 20.4 Å². The van der Waals surface area contributed by atoms with Gasteiger partial charge in [0.1, 0.15) is 12.4 Å². The number of hydrogen-bond donors (Lipinski definition) is 0. The molecule has 2 amide bonds. The highest BCUT2D eigenvalue weighted by molar-refractivity contribution is 6.03. The van der Waals surface area contributed by atoms with Crippen molar-refractivity contribution in [1.82, 2.24) is 9.91 Å². The molecule has 1 atom stereocenters. The number of carbonyl (C=O) groups is 2. The fourth-order valence-electron chi connectivity index (χ4n) is 4.82. The third kappa shape index (κ3) is 4.17. The molecule has 0 spiro atoms. The fraction of sp³-hybridized carbons (Fsp3) is 0.400. The van der Waals surface area contributed by atoms with Crippen LogP contribution >= 0.6 is 0 Å². The maximum atomic E-state index is 14.5. The minimum Gasteiger partial charge on any atom is -0.454 e. The summed E-state index contributed by atoms with van der Waals surface area (Å²) in [6.45, 7) is 0.0710. The van der Waals surface area contributed by atoms with E-state index in [1.165, 1.54) is 16.0 Å². The Morgan fingerprint density at radius 2 is 1.88 bits per heavy atom. The highest BCUT2D eigenvalue weighted by Crippen LogP contribution is 2.39. The molecule has 0 radical (unpaired) electrons. The Morgan fingerprint density at radius 1 is 1.12 bits per heavy atom. The van der Waals surface area contributed by atoms with E-state index in [2.05, 4.69) is 5.10 Å². The van der Waals surface area contributed by atoms with Crippen molar-refractivity contribution in [2.45, 2.75) is 38.1 Å². The smallest absolute Gasteiger partial charge is 0.262 e. The molecule has 3 aliphatic rings. The first-order chi connectivity index (χ1) is 16.0. The van der Waals surface area contributed by atoms with Crippen molar-refractivity contribution in [3.05, 3.63) is 59.4 Å². The minimum absolute atomic E-state index is 0.00187. The number of fused-ring (bicyclic) bond motifs is 1. The maximum absolute atomic E-state index is 14.5. The van der Waals surface area contributed by atoms with Gasteiger partial charge in [0.2, 0.25) is 12.7 Å². The molecule has 172 valence electrons. The predicted molar refractivity (Wildman–Crippen MR) is 119 cm³/mol. The molecule has 2 aliphatic heterocycles. The van der Waals surface area contributed by atoms with E-state index in [-0.39, 0.29) is 36.9 Å². The molecule has 0 N–H and O–H groups in total. The second-order valence-corrected chi connectivity index (χ2v) is 8.77. The van der Waals surface area contributed by atoms with Gasteiger partial charge in [-0.2, -0.15) is 5.10 Å². The number of likely N-dealkylation sites (N-methyl/N-ethyl adjacent to an activating group) is 1. The number of benzene rings is 2. The van der Waals surface area contributed by atoms with Gasteiger partial charge in [-0.3, -0.25) is 9.59 Å². The van der Waals surface area contributed by atoms with E-state index in [1.807, 2.05) is 12.1 Å². The predicted octanol–water partition coefficient (Wildman–Crippen LogP) is 3.88. The molecular formula is C25H26FN3O4. The summed E-state index contributed by atoms with van der Waals surface area (Å²) in [5, 5.41) is 5.92. The Hall–Kier alpha value is -3.42. The zero-order valence-corrected chi connectivity index (χ0v) is 18.5. The van der Waals surface area contributed by atoms with E-state index in [4.69, 9.17) is 9.47 Å². The van der Waals surface area contributed by atoms with E-state index in [0.29, 0.717) is 29.2 Å². The molecule has 2 aromatic rings. The van der Waals surface area contributed by atoms with Crippen LogP contribution in [0.4, 0.5) is 4.39 Å². The van der Waals surface area contributed by atoms with Gasteiger partial charge >= 0.3 is 0 Å². The second kappa shape index (κ2) is 8.84. The van der Waals surface area contributed by atoms with Crippen LogP contribution in [0.1, 0.15) is 49.3 Å². The van der Waals surface area contributed by atoms with Gasteiger partial charge in [0.05, 0.1) is 11.8 Å². The van der Waals surface area contributed by atoms with Crippen molar-refractivity contribution in [3.63, 3.8) is 0 Å². The number of halogens is 1. The molecule has 5 rings (SSSR count). The lowest BCUT2D eigenvalue weighted by molar-refractivity contribution is -0.142. The van der Waals surface area contributed by atoms with E-state index in [1.54, 1.807) is 31.3 Å². The number of nitrogens with zero attached hydrogens (tertiary/aromatic N) is 3. The summed E-state index contributed by atoms with van der Waals surface area (Å²) < 4.78 is 25.4. The van der Waals surface area contributed by atoms with Crippen molar-refractivity contribution < 1.29 is 23.5 Å². The van der Waals surface area contributed by atoms with Gasteiger partial charge in [0.15, 0.2) is 11.5 Å². The normalized spacial score (nSPS) is 19.6. The quantitative estimate of drug-likeness (QED) is 0.692. The lowest BCUT2D eigenvalue weighted by Crippen LogP contribution is -2.41. The highest BCUT2D eigenvalue weighted by Gasteiger charge is 2.36. The van der Waals surface area contributed by atoms with Crippen molar-refractivity contribution in [1.29, 1.82) is 0 Å². The second-order valence-electron chi connectivity index (χ2n) is 8.77. The fourth-order valence-corrected chi connectivity index (χ4v) is 4.82. The molecule has 1 aliphatic carbocycles. The largest absolute Gasteiger partial charge is 0.454 e. The van der Waals surface area contributed by atoms with Crippen LogP contribution in [-0.2, 0) is 9.59 Å². The summed E-state index contributed by atoms with van der Waals surface area (Å²) in [6.07, 6.45) is 4.19. The van der Waals surface area contributed by atoms with Crippen LogP contribution in [0.15, 0.2) is 47.6 Å². The summed E-state index contributed by atoms with van der Waals surface area (Å²) in [5.41, 5.74) is 1.68. The van der Waals surface area contributed by atoms with Crippen LogP contribution in [0.2, 0.25) is 0 Å². The van der Waals surface area contributed by atoms with Crippen LogP contribution in [0, 0.1) is 11.7 Å². The van der Waals surface area contributed by atoms with Gasteiger partial charge in [-0.05, 0) is 36.6 Å². The Bertz CT molecular complexity index is 1110. The molecule has 1 unspecified atom stereocenters. The molecule has 1 saturated carbocycles. The maximum Gasteiger partial charge on any atom is 0.262 e. The molecule has 0 bridgehead atoms. The average Bonchev–Trinajstić information content (AvgIpc) is 3.58. The average molecular weight is 451 g/mol. The molecule has 0 saturated heterocycles. The van der Waals surface area contributed by atoms with Gasteiger partial charge < -0.3 is 14.4 Å². The topological polar surface area (TPSA) is 71.4 Å². The van der Waals surface area contributed by atoms with E-state index >= 15 is 0 Å². The molecule has 33 heavy (non-hydrogen) atoms. The van der Waals surface area contributed by atoms with Crippen molar-refractivity contribution in [2.24, 2.45) is 11.0 Å². The van der Waals surface area contributed by atoms with Gasteiger partial charge in [0, 0.05) is 24.9 Å². The Morgan fingerprint density at radius 3 is 2.67 bits per heavy atom. The van der Waals surface area contributed by atoms with Crippen LogP contribution in [0.5, 0.6) is 11.5 Å². The number of hydrogen-bond acceptors (Lipinski definition) is 5.